The molecule has 3 aromatic rings. The van der Waals surface area contributed by atoms with Gasteiger partial charge in [-0.1, -0.05) is 29.8 Å². The first-order chi connectivity index (χ1) is 11.1. The number of aromatic nitrogens is 2. The van der Waals surface area contributed by atoms with Crippen LogP contribution in [0, 0.1) is 0 Å². The predicted molar refractivity (Wildman–Crippen MR) is 92.9 cm³/mol. The molecule has 0 bridgehead atoms. The molecule has 0 aliphatic carbocycles. The highest BCUT2D eigenvalue weighted by Crippen LogP contribution is 2.16. The number of rotatable bonds is 5. The first-order valence-corrected chi connectivity index (χ1v) is 8.48. The molecule has 0 spiro atoms. The number of hydrogen-bond donors (Lipinski definition) is 0. The summed E-state index contributed by atoms with van der Waals surface area (Å²) in [7, 11) is 1.80. The van der Waals surface area contributed by atoms with Gasteiger partial charge in [0.2, 0.25) is 0 Å². The van der Waals surface area contributed by atoms with Gasteiger partial charge in [0.25, 0.3) is 5.91 Å². The first kappa shape index (κ1) is 15.8. The summed E-state index contributed by atoms with van der Waals surface area (Å²) in [4.78, 5) is 14.1. The minimum atomic E-state index is -0.0402. The topological polar surface area (TPSA) is 38.1 Å². The van der Waals surface area contributed by atoms with E-state index in [2.05, 4.69) is 5.10 Å². The molecule has 6 heteroatoms. The molecule has 4 nitrogen and oxygen atoms in total. The Morgan fingerprint density at radius 2 is 2.17 bits per heavy atom. The fourth-order valence-corrected chi connectivity index (χ4v) is 3.17. The van der Waals surface area contributed by atoms with Crippen molar-refractivity contribution >= 4 is 28.8 Å². The van der Waals surface area contributed by atoms with Gasteiger partial charge in [0.1, 0.15) is 0 Å². The Bertz CT molecular complexity index is 798. The molecule has 0 unspecified atom stereocenters. The summed E-state index contributed by atoms with van der Waals surface area (Å²) in [6.45, 7) is 1.14. The third kappa shape index (κ3) is 3.81. The quantitative estimate of drug-likeness (QED) is 0.703. The molecule has 0 fully saturated rings. The summed E-state index contributed by atoms with van der Waals surface area (Å²) >= 11 is 7.79. The van der Waals surface area contributed by atoms with Crippen LogP contribution < -0.4 is 0 Å². The number of thiophene rings is 1. The van der Waals surface area contributed by atoms with E-state index in [9.17, 15) is 4.79 Å². The number of amides is 1. The number of carbonyl (C=O) groups excluding carboxylic acids is 1. The Hall–Kier alpha value is -2.11. The SMILES string of the molecule is CN(Cc1ccsc1)C(=O)c1cnn(Cc2ccccc2Cl)c1. The summed E-state index contributed by atoms with van der Waals surface area (Å²) in [5.74, 6) is -0.0402. The zero-order valence-corrected chi connectivity index (χ0v) is 14.2. The fraction of sp³-hybridized carbons (Fsp3) is 0.176. The highest BCUT2D eigenvalue weighted by Gasteiger charge is 2.14. The van der Waals surface area contributed by atoms with Crippen LogP contribution >= 0.6 is 22.9 Å². The van der Waals surface area contributed by atoms with Gasteiger partial charge in [-0.05, 0) is 34.0 Å². The third-order valence-corrected chi connectivity index (χ3v) is 4.62. The van der Waals surface area contributed by atoms with Gasteiger partial charge in [-0.15, -0.1) is 0 Å². The minimum Gasteiger partial charge on any atom is -0.337 e. The lowest BCUT2D eigenvalue weighted by molar-refractivity contribution is 0.0785. The molecule has 0 N–H and O–H groups in total. The first-order valence-electron chi connectivity index (χ1n) is 7.16. The third-order valence-electron chi connectivity index (χ3n) is 3.52. The van der Waals surface area contributed by atoms with Crippen LogP contribution in [0.1, 0.15) is 21.5 Å². The number of benzene rings is 1. The van der Waals surface area contributed by atoms with Crippen LogP contribution in [0.4, 0.5) is 0 Å². The monoisotopic (exact) mass is 345 g/mol. The Morgan fingerprint density at radius 1 is 1.35 bits per heavy atom. The van der Waals surface area contributed by atoms with Crippen molar-refractivity contribution in [3.05, 3.63) is 75.2 Å². The smallest absolute Gasteiger partial charge is 0.257 e. The molecular formula is C17H16ClN3OS. The van der Waals surface area contributed by atoms with Crippen molar-refractivity contribution in [3.63, 3.8) is 0 Å². The second kappa shape index (κ2) is 6.98. The molecule has 3 rings (SSSR count). The molecule has 0 aliphatic rings. The Balaban J connectivity index is 1.68. The lowest BCUT2D eigenvalue weighted by atomic mass is 10.2. The van der Waals surface area contributed by atoms with Crippen LogP contribution in [0.15, 0.2) is 53.5 Å². The van der Waals surface area contributed by atoms with E-state index in [1.54, 1.807) is 40.4 Å². The maximum Gasteiger partial charge on any atom is 0.257 e. The predicted octanol–water partition coefficient (Wildman–Crippen LogP) is 3.92. The summed E-state index contributed by atoms with van der Waals surface area (Å²) in [5, 5.41) is 9.02. The van der Waals surface area contributed by atoms with Crippen LogP contribution in [0.25, 0.3) is 0 Å². The Kier molecular flexibility index (Phi) is 4.79. The lowest BCUT2D eigenvalue weighted by Crippen LogP contribution is -2.25. The van der Waals surface area contributed by atoms with E-state index in [1.165, 1.54) is 0 Å². The van der Waals surface area contributed by atoms with Crippen molar-refractivity contribution in [2.75, 3.05) is 7.05 Å². The largest absolute Gasteiger partial charge is 0.337 e. The van der Waals surface area contributed by atoms with Gasteiger partial charge in [0.15, 0.2) is 0 Å². The van der Waals surface area contributed by atoms with Gasteiger partial charge in [-0.2, -0.15) is 16.4 Å². The van der Waals surface area contributed by atoms with Gasteiger partial charge in [-0.3, -0.25) is 9.48 Å². The zero-order valence-electron chi connectivity index (χ0n) is 12.6. The molecule has 0 radical (unpaired) electrons. The van der Waals surface area contributed by atoms with Crippen molar-refractivity contribution in [1.29, 1.82) is 0 Å². The van der Waals surface area contributed by atoms with Crippen molar-refractivity contribution in [3.8, 4) is 0 Å². The molecule has 0 saturated heterocycles. The number of nitrogens with zero attached hydrogens (tertiary/aromatic N) is 3. The molecule has 118 valence electrons. The van der Waals surface area contributed by atoms with E-state index in [0.29, 0.717) is 23.7 Å². The summed E-state index contributed by atoms with van der Waals surface area (Å²) in [6, 6.07) is 9.65. The number of carbonyl (C=O) groups is 1. The highest BCUT2D eigenvalue weighted by molar-refractivity contribution is 7.07. The minimum absolute atomic E-state index is 0.0402. The molecule has 1 aromatic carbocycles. The summed E-state index contributed by atoms with van der Waals surface area (Å²) in [6.07, 6.45) is 3.36. The zero-order chi connectivity index (χ0) is 16.2. The molecule has 0 atom stereocenters. The van der Waals surface area contributed by atoms with Crippen LogP contribution in [0.3, 0.4) is 0 Å². The van der Waals surface area contributed by atoms with Crippen molar-refractivity contribution in [1.82, 2.24) is 14.7 Å². The van der Waals surface area contributed by atoms with Crippen LogP contribution in [0.2, 0.25) is 5.02 Å². The van der Waals surface area contributed by atoms with Crippen LogP contribution in [-0.4, -0.2) is 27.6 Å². The number of hydrogen-bond acceptors (Lipinski definition) is 3. The fourth-order valence-electron chi connectivity index (χ4n) is 2.31. The van der Waals surface area contributed by atoms with Crippen molar-refractivity contribution in [2.45, 2.75) is 13.1 Å². The summed E-state index contributed by atoms with van der Waals surface area (Å²) < 4.78 is 1.73. The van der Waals surface area contributed by atoms with E-state index in [1.807, 2.05) is 41.1 Å². The molecule has 2 heterocycles. The van der Waals surface area contributed by atoms with E-state index < -0.39 is 0 Å². The van der Waals surface area contributed by atoms with Gasteiger partial charge in [0, 0.05) is 24.8 Å². The van der Waals surface area contributed by atoms with Crippen molar-refractivity contribution in [2.24, 2.45) is 0 Å². The maximum absolute atomic E-state index is 12.5. The molecular weight excluding hydrogens is 330 g/mol. The maximum atomic E-state index is 12.5. The average Bonchev–Trinajstić information content (AvgIpc) is 3.20. The Morgan fingerprint density at radius 3 is 2.91 bits per heavy atom. The molecule has 23 heavy (non-hydrogen) atoms. The van der Waals surface area contributed by atoms with E-state index in [0.717, 1.165) is 11.1 Å². The average molecular weight is 346 g/mol. The van der Waals surface area contributed by atoms with Gasteiger partial charge in [-0.25, -0.2) is 0 Å². The van der Waals surface area contributed by atoms with E-state index in [-0.39, 0.29) is 5.91 Å². The van der Waals surface area contributed by atoms with Gasteiger partial charge in [0.05, 0.1) is 18.3 Å². The van der Waals surface area contributed by atoms with Gasteiger partial charge >= 0.3 is 0 Å². The number of halogens is 1. The standard InChI is InChI=1S/C17H16ClN3OS/c1-20(9-13-6-7-23-12-13)17(22)15-8-19-21(11-15)10-14-4-2-3-5-16(14)18/h2-8,11-12H,9-10H2,1H3. The lowest BCUT2D eigenvalue weighted by Gasteiger charge is -2.15. The van der Waals surface area contributed by atoms with E-state index in [4.69, 9.17) is 11.6 Å². The second-order valence-electron chi connectivity index (χ2n) is 5.31. The molecule has 1 amide bonds. The van der Waals surface area contributed by atoms with Crippen LogP contribution in [0.5, 0.6) is 0 Å². The van der Waals surface area contributed by atoms with Gasteiger partial charge < -0.3 is 4.90 Å². The Labute approximate surface area is 143 Å². The molecule has 0 aliphatic heterocycles. The second-order valence-corrected chi connectivity index (χ2v) is 6.50. The van der Waals surface area contributed by atoms with Crippen molar-refractivity contribution < 1.29 is 4.79 Å². The van der Waals surface area contributed by atoms with E-state index >= 15 is 0 Å². The normalized spacial score (nSPS) is 10.7. The summed E-state index contributed by atoms with van der Waals surface area (Å²) in [5.41, 5.74) is 2.69. The molecule has 2 aromatic heterocycles. The van der Waals surface area contributed by atoms with Crippen LogP contribution in [-0.2, 0) is 13.1 Å². The highest BCUT2D eigenvalue weighted by atomic mass is 35.5. The molecule has 0 saturated carbocycles.